The van der Waals surface area contributed by atoms with Crippen LogP contribution in [0.2, 0.25) is 0 Å². The fourth-order valence-electron chi connectivity index (χ4n) is 1.90. The molecule has 20 heavy (non-hydrogen) atoms. The number of urea groups is 1. The minimum absolute atomic E-state index is 0.280. The fraction of sp³-hybridized carbons (Fsp3) is 0.500. The molecule has 1 aliphatic heterocycles. The van der Waals surface area contributed by atoms with Gasteiger partial charge in [-0.15, -0.1) is 0 Å². The van der Waals surface area contributed by atoms with Crippen molar-refractivity contribution in [1.82, 2.24) is 25.7 Å². The van der Waals surface area contributed by atoms with Gasteiger partial charge in [-0.3, -0.25) is 19.6 Å². The standard InChI is InChI=1S/C12H17N5O3/c1-3-12(2)10(19)17(11(20)16-12)7-9(18)13-4-8-5-14-15-6-8/h5-6H,3-4,7H2,1-2H3,(H,13,18)(H,14,15)(H,16,20). The third-order valence-electron chi connectivity index (χ3n) is 3.40. The third-order valence-corrected chi connectivity index (χ3v) is 3.40. The number of H-pyrrole nitrogens is 1. The van der Waals surface area contributed by atoms with Gasteiger partial charge in [-0.05, 0) is 13.3 Å². The van der Waals surface area contributed by atoms with E-state index < -0.39 is 17.5 Å². The first kappa shape index (κ1) is 14.0. The summed E-state index contributed by atoms with van der Waals surface area (Å²) in [5.41, 5.74) is -0.101. The maximum absolute atomic E-state index is 12.1. The second kappa shape index (κ2) is 5.32. The molecular weight excluding hydrogens is 262 g/mol. The van der Waals surface area contributed by atoms with Crippen LogP contribution in [0.1, 0.15) is 25.8 Å². The van der Waals surface area contributed by atoms with E-state index in [0.717, 1.165) is 10.5 Å². The Bertz CT molecular complexity index is 527. The quantitative estimate of drug-likeness (QED) is 0.646. The molecule has 8 nitrogen and oxygen atoms in total. The molecule has 1 fully saturated rings. The van der Waals surface area contributed by atoms with Gasteiger partial charge in [0.15, 0.2) is 0 Å². The molecule has 2 heterocycles. The normalized spacial score (nSPS) is 22.0. The molecule has 0 aliphatic carbocycles. The van der Waals surface area contributed by atoms with Crippen LogP contribution in [0.25, 0.3) is 0 Å². The van der Waals surface area contributed by atoms with Gasteiger partial charge in [-0.1, -0.05) is 6.92 Å². The molecule has 108 valence electrons. The van der Waals surface area contributed by atoms with Gasteiger partial charge < -0.3 is 10.6 Å². The predicted molar refractivity (Wildman–Crippen MR) is 69.4 cm³/mol. The van der Waals surface area contributed by atoms with Crippen LogP contribution in [-0.4, -0.2) is 45.0 Å². The molecular formula is C12H17N5O3. The van der Waals surface area contributed by atoms with Crippen molar-refractivity contribution in [2.24, 2.45) is 0 Å². The molecule has 1 aliphatic rings. The van der Waals surface area contributed by atoms with E-state index >= 15 is 0 Å². The lowest BCUT2D eigenvalue weighted by atomic mass is 9.99. The minimum Gasteiger partial charge on any atom is -0.350 e. The van der Waals surface area contributed by atoms with Crippen molar-refractivity contribution in [2.75, 3.05) is 6.54 Å². The second-order valence-electron chi connectivity index (χ2n) is 4.89. The zero-order valence-electron chi connectivity index (χ0n) is 11.4. The fourth-order valence-corrected chi connectivity index (χ4v) is 1.90. The van der Waals surface area contributed by atoms with Crippen LogP contribution in [0, 0.1) is 0 Å². The zero-order chi connectivity index (χ0) is 14.8. The second-order valence-corrected chi connectivity index (χ2v) is 4.89. The molecule has 1 aromatic rings. The summed E-state index contributed by atoms with van der Waals surface area (Å²) in [6, 6.07) is -0.530. The van der Waals surface area contributed by atoms with Crippen LogP contribution in [0.15, 0.2) is 12.4 Å². The number of imide groups is 1. The van der Waals surface area contributed by atoms with Crippen LogP contribution in [0.4, 0.5) is 4.79 Å². The Labute approximate surface area is 115 Å². The van der Waals surface area contributed by atoms with Gasteiger partial charge >= 0.3 is 6.03 Å². The third kappa shape index (κ3) is 2.63. The number of nitrogens with one attached hydrogen (secondary N) is 3. The summed E-state index contributed by atoms with van der Waals surface area (Å²) in [4.78, 5) is 36.5. The molecule has 0 aromatic carbocycles. The largest absolute Gasteiger partial charge is 0.350 e. The van der Waals surface area contributed by atoms with Crippen molar-refractivity contribution < 1.29 is 14.4 Å². The Morgan fingerprint density at radius 3 is 2.80 bits per heavy atom. The van der Waals surface area contributed by atoms with E-state index in [2.05, 4.69) is 20.8 Å². The summed E-state index contributed by atoms with van der Waals surface area (Å²) >= 11 is 0. The summed E-state index contributed by atoms with van der Waals surface area (Å²) in [6.45, 7) is 3.47. The van der Waals surface area contributed by atoms with Crippen LogP contribution in [0.5, 0.6) is 0 Å². The van der Waals surface area contributed by atoms with Gasteiger partial charge in [0.05, 0.1) is 6.20 Å². The number of nitrogens with zero attached hydrogens (tertiary/aromatic N) is 2. The van der Waals surface area contributed by atoms with E-state index in [1.807, 2.05) is 0 Å². The molecule has 3 N–H and O–H groups in total. The van der Waals surface area contributed by atoms with Gasteiger partial charge in [0.25, 0.3) is 5.91 Å². The van der Waals surface area contributed by atoms with Crippen LogP contribution in [0.3, 0.4) is 0 Å². The summed E-state index contributed by atoms with van der Waals surface area (Å²) < 4.78 is 0. The van der Waals surface area contributed by atoms with Crippen LogP contribution < -0.4 is 10.6 Å². The average Bonchev–Trinajstić information content (AvgIpc) is 3.00. The summed E-state index contributed by atoms with van der Waals surface area (Å²) in [5.74, 6) is -0.765. The number of hydrogen-bond acceptors (Lipinski definition) is 4. The first-order valence-corrected chi connectivity index (χ1v) is 6.34. The van der Waals surface area contributed by atoms with Gasteiger partial charge in [-0.25, -0.2) is 4.79 Å². The lowest BCUT2D eigenvalue weighted by Crippen LogP contribution is -2.44. The molecule has 2 rings (SSSR count). The number of aromatic nitrogens is 2. The van der Waals surface area contributed by atoms with Crippen LogP contribution >= 0.6 is 0 Å². The lowest BCUT2D eigenvalue weighted by molar-refractivity contribution is -0.134. The molecule has 0 radical (unpaired) electrons. The number of hydrogen-bond donors (Lipinski definition) is 3. The average molecular weight is 279 g/mol. The molecule has 1 unspecified atom stereocenters. The van der Waals surface area contributed by atoms with E-state index in [1.54, 1.807) is 26.2 Å². The van der Waals surface area contributed by atoms with E-state index in [9.17, 15) is 14.4 Å². The van der Waals surface area contributed by atoms with Crippen molar-refractivity contribution in [1.29, 1.82) is 0 Å². The molecule has 4 amide bonds. The minimum atomic E-state index is -0.915. The Morgan fingerprint density at radius 2 is 2.25 bits per heavy atom. The smallest absolute Gasteiger partial charge is 0.325 e. The Hall–Kier alpha value is -2.38. The molecule has 1 atom stereocenters. The first-order chi connectivity index (χ1) is 9.46. The number of amides is 4. The van der Waals surface area contributed by atoms with E-state index in [0.29, 0.717) is 13.0 Å². The lowest BCUT2D eigenvalue weighted by Gasteiger charge is -2.19. The van der Waals surface area contributed by atoms with Crippen molar-refractivity contribution in [3.63, 3.8) is 0 Å². The summed E-state index contributed by atoms with van der Waals surface area (Å²) in [5, 5.41) is 11.6. The highest BCUT2D eigenvalue weighted by molar-refractivity contribution is 6.08. The Kier molecular flexibility index (Phi) is 3.73. The maximum atomic E-state index is 12.1. The van der Waals surface area contributed by atoms with Gasteiger partial charge in [0.2, 0.25) is 5.91 Å². The van der Waals surface area contributed by atoms with Gasteiger partial charge in [-0.2, -0.15) is 5.10 Å². The SMILES string of the molecule is CCC1(C)NC(=O)N(CC(=O)NCc2cn[nH]c2)C1=O. The molecule has 8 heteroatoms. The number of carbonyl (C=O) groups excluding carboxylic acids is 3. The topological polar surface area (TPSA) is 107 Å². The number of aromatic amines is 1. The van der Waals surface area contributed by atoms with Gasteiger partial charge in [0, 0.05) is 18.3 Å². The summed E-state index contributed by atoms with van der Waals surface area (Å²) in [6.07, 6.45) is 3.72. The maximum Gasteiger partial charge on any atom is 0.325 e. The van der Waals surface area contributed by atoms with E-state index in [4.69, 9.17) is 0 Å². The van der Waals surface area contributed by atoms with E-state index in [1.165, 1.54) is 0 Å². The highest BCUT2D eigenvalue weighted by atomic mass is 16.2. The Balaban J connectivity index is 1.91. The van der Waals surface area contributed by atoms with E-state index in [-0.39, 0.29) is 12.5 Å². The zero-order valence-corrected chi connectivity index (χ0v) is 11.4. The highest BCUT2D eigenvalue weighted by Crippen LogP contribution is 2.20. The first-order valence-electron chi connectivity index (χ1n) is 6.34. The predicted octanol–water partition coefficient (Wildman–Crippen LogP) is -0.254. The highest BCUT2D eigenvalue weighted by Gasteiger charge is 2.46. The molecule has 0 spiro atoms. The molecule has 0 saturated carbocycles. The summed E-state index contributed by atoms with van der Waals surface area (Å²) in [7, 11) is 0. The Morgan fingerprint density at radius 1 is 1.50 bits per heavy atom. The molecule has 1 saturated heterocycles. The van der Waals surface area contributed by atoms with Crippen molar-refractivity contribution in [3.8, 4) is 0 Å². The van der Waals surface area contributed by atoms with Crippen molar-refractivity contribution >= 4 is 17.8 Å². The number of rotatable bonds is 5. The molecule has 0 bridgehead atoms. The van der Waals surface area contributed by atoms with Crippen molar-refractivity contribution in [3.05, 3.63) is 18.0 Å². The number of carbonyl (C=O) groups is 3. The van der Waals surface area contributed by atoms with Crippen LogP contribution in [-0.2, 0) is 16.1 Å². The van der Waals surface area contributed by atoms with Gasteiger partial charge in [0.1, 0.15) is 12.1 Å². The monoisotopic (exact) mass is 279 g/mol. The molecule has 1 aromatic heterocycles. The van der Waals surface area contributed by atoms with Crippen molar-refractivity contribution in [2.45, 2.75) is 32.4 Å².